The molecule has 0 unspecified atom stereocenters. The molecule has 0 aromatic carbocycles. The summed E-state index contributed by atoms with van der Waals surface area (Å²) >= 11 is 3.46. The predicted octanol–water partition coefficient (Wildman–Crippen LogP) is 7.11. The average Bonchev–Trinajstić information content (AvgIpc) is 3.55. The Morgan fingerprint density at radius 2 is 1.10 bits per heavy atom. The Kier molecular flexibility index (Phi) is 5.75. The van der Waals surface area contributed by atoms with Crippen LogP contribution in [0.5, 0.6) is 0 Å². The molecule has 9 heteroatoms. The molecule has 0 saturated carbocycles. The van der Waals surface area contributed by atoms with Gasteiger partial charge in [0.05, 0.1) is 34.8 Å². The van der Waals surface area contributed by atoms with Gasteiger partial charge in [-0.2, -0.15) is 0 Å². The van der Waals surface area contributed by atoms with Gasteiger partial charge in [-0.15, -0.1) is 0 Å². The van der Waals surface area contributed by atoms with Crippen molar-refractivity contribution in [1.29, 1.82) is 0 Å². The van der Waals surface area contributed by atoms with Gasteiger partial charge >= 0.3 is 0 Å². The van der Waals surface area contributed by atoms with Crippen molar-refractivity contribution in [2.24, 2.45) is 0 Å². The molecular formula is C30H19BrN8. The molecule has 8 nitrogen and oxygen atoms in total. The van der Waals surface area contributed by atoms with Gasteiger partial charge in [-0.1, -0.05) is 0 Å². The van der Waals surface area contributed by atoms with Crippen LogP contribution in [0.25, 0.3) is 66.4 Å². The number of rotatable bonds is 2. The molecule has 0 bridgehead atoms. The van der Waals surface area contributed by atoms with Crippen LogP contribution in [0, 0.1) is 0 Å². The van der Waals surface area contributed by atoms with Gasteiger partial charge in [-0.05, 0) is 70.5 Å². The van der Waals surface area contributed by atoms with Crippen LogP contribution in [-0.4, -0.2) is 39.9 Å². The molecule has 2 N–H and O–H groups in total. The highest BCUT2D eigenvalue weighted by Gasteiger charge is 2.09. The molecule has 8 aromatic rings. The van der Waals surface area contributed by atoms with Gasteiger partial charge < -0.3 is 9.97 Å². The summed E-state index contributed by atoms with van der Waals surface area (Å²) in [6.07, 6.45) is 14.4. The van der Waals surface area contributed by atoms with Gasteiger partial charge in [0, 0.05) is 74.3 Å². The van der Waals surface area contributed by atoms with Crippen LogP contribution in [0.2, 0.25) is 0 Å². The van der Waals surface area contributed by atoms with Crippen molar-refractivity contribution in [3.8, 4) is 22.5 Å². The Morgan fingerprint density at radius 3 is 1.72 bits per heavy atom. The van der Waals surface area contributed by atoms with Gasteiger partial charge in [0.15, 0.2) is 0 Å². The summed E-state index contributed by atoms with van der Waals surface area (Å²) in [4.78, 5) is 32.5. The minimum atomic E-state index is 0.869. The highest BCUT2D eigenvalue weighted by molar-refractivity contribution is 9.10. The molecule has 8 heterocycles. The Bertz CT molecular complexity index is 2090. The highest BCUT2D eigenvalue weighted by Crippen LogP contribution is 2.29. The summed E-state index contributed by atoms with van der Waals surface area (Å²) in [6.45, 7) is 0. The van der Waals surface area contributed by atoms with E-state index < -0.39 is 0 Å². The molecule has 0 aliphatic carbocycles. The monoisotopic (exact) mass is 570 g/mol. The Labute approximate surface area is 230 Å². The summed E-state index contributed by atoms with van der Waals surface area (Å²) in [7, 11) is 0. The minimum Gasteiger partial charge on any atom is -0.338 e. The maximum absolute atomic E-state index is 4.48. The molecule has 186 valence electrons. The standard InChI is InChI=1S/C15H9BrN4.C15H10N4/c16-10-4-12-11-5-13(9-2-1-3-17-6-9)18-8-14(11)20-15(12)19-7-10;1-3-10(8-16-5-1)13-7-12-11-4-2-6-17-15(11)19-14(12)9-18-13/h1-8H,(H,19,20);1-9H,(H,17,19). The second kappa shape index (κ2) is 9.70. The maximum Gasteiger partial charge on any atom is 0.138 e. The van der Waals surface area contributed by atoms with E-state index in [4.69, 9.17) is 0 Å². The number of aromatic nitrogens is 8. The fraction of sp³-hybridized carbons (Fsp3) is 0. The lowest BCUT2D eigenvalue weighted by Crippen LogP contribution is -1.83. The summed E-state index contributed by atoms with van der Waals surface area (Å²) in [5.41, 5.74) is 7.60. The molecular weight excluding hydrogens is 552 g/mol. The van der Waals surface area contributed by atoms with Crippen molar-refractivity contribution in [3.05, 3.63) is 109 Å². The predicted molar refractivity (Wildman–Crippen MR) is 157 cm³/mol. The first kappa shape index (κ1) is 23.1. The van der Waals surface area contributed by atoms with Crippen molar-refractivity contribution in [1.82, 2.24) is 39.9 Å². The molecule has 0 saturated heterocycles. The molecule has 0 amide bonds. The van der Waals surface area contributed by atoms with E-state index in [1.54, 1.807) is 24.8 Å². The first-order valence-electron chi connectivity index (χ1n) is 12.2. The number of fused-ring (bicyclic) bond motifs is 6. The Hall–Kier alpha value is -5.02. The van der Waals surface area contributed by atoms with Crippen molar-refractivity contribution < 1.29 is 0 Å². The molecule has 0 spiro atoms. The lowest BCUT2D eigenvalue weighted by atomic mass is 10.1. The zero-order valence-corrected chi connectivity index (χ0v) is 22.0. The van der Waals surface area contributed by atoms with E-state index in [2.05, 4.69) is 80.1 Å². The summed E-state index contributed by atoms with van der Waals surface area (Å²) < 4.78 is 0.964. The van der Waals surface area contributed by atoms with Gasteiger partial charge in [-0.25, -0.2) is 9.97 Å². The lowest BCUT2D eigenvalue weighted by Gasteiger charge is -2.00. The van der Waals surface area contributed by atoms with E-state index in [9.17, 15) is 0 Å². The van der Waals surface area contributed by atoms with E-state index in [-0.39, 0.29) is 0 Å². The highest BCUT2D eigenvalue weighted by atomic mass is 79.9. The van der Waals surface area contributed by atoms with Crippen molar-refractivity contribution in [2.75, 3.05) is 0 Å². The van der Waals surface area contributed by atoms with Crippen LogP contribution in [0.15, 0.2) is 109 Å². The zero-order valence-electron chi connectivity index (χ0n) is 20.4. The zero-order chi connectivity index (χ0) is 26.2. The third kappa shape index (κ3) is 4.38. The average molecular weight is 571 g/mol. The van der Waals surface area contributed by atoms with Crippen LogP contribution >= 0.6 is 15.9 Å². The van der Waals surface area contributed by atoms with Crippen molar-refractivity contribution in [2.45, 2.75) is 0 Å². The van der Waals surface area contributed by atoms with E-state index in [0.717, 1.165) is 70.9 Å². The van der Waals surface area contributed by atoms with Crippen molar-refractivity contribution in [3.63, 3.8) is 0 Å². The number of hydrogen-bond donors (Lipinski definition) is 2. The Morgan fingerprint density at radius 1 is 0.513 bits per heavy atom. The number of hydrogen-bond acceptors (Lipinski definition) is 6. The van der Waals surface area contributed by atoms with E-state index in [1.807, 2.05) is 55.1 Å². The van der Waals surface area contributed by atoms with Crippen LogP contribution in [0.3, 0.4) is 0 Å². The summed E-state index contributed by atoms with van der Waals surface area (Å²) in [5, 5.41) is 4.45. The summed E-state index contributed by atoms with van der Waals surface area (Å²) in [5.74, 6) is 0. The van der Waals surface area contributed by atoms with Crippen LogP contribution in [0.1, 0.15) is 0 Å². The first-order chi connectivity index (χ1) is 19.2. The largest absolute Gasteiger partial charge is 0.338 e. The molecule has 39 heavy (non-hydrogen) atoms. The fourth-order valence-electron chi connectivity index (χ4n) is 4.62. The lowest BCUT2D eigenvalue weighted by molar-refractivity contribution is 1.28. The van der Waals surface area contributed by atoms with Gasteiger partial charge in [0.2, 0.25) is 0 Å². The molecule has 0 aliphatic heterocycles. The van der Waals surface area contributed by atoms with Gasteiger partial charge in [0.25, 0.3) is 0 Å². The third-order valence-electron chi connectivity index (χ3n) is 6.47. The number of aromatic amines is 2. The molecule has 0 aliphatic rings. The summed E-state index contributed by atoms with van der Waals surface area (Å²) in [6, 6.07) is 18.1. The maximum atomic E-state index is 4.48. The van der Waals surface area contributed by atoms with Crippen LogP contribution in [-0.2, 0) is 0 Å². The smallest absolute Gasteiger partial charge is 0.138 e. The Balaban J connectivity index is 0.000000130. The SMILES string of the molecule is Brc1cnc2[nH]c3cnc(-c4cccnc4)cc3c2c1.c1cncc(-c2cc3c(cn2)[nH]c2ncccc23)c1. The van der Waals surface area contributed by atoms with Gasteiger partial charge in [-0.3, -0.25) is 19.9 Å². The van der Waals surface area contributed by atoms with E-state index in [1.165, 1.54) is 0 Å². The molecule has 0 fully saturated rings. The molecule has 8 rings (SSSR count). The molecule has 0 atom stereocenters. The fourth-order valence-corrected chi connectivity index (χ4v) is 4.95. The minimum absolute atomic E-state index is 0.869. The third-order valence-corrected chi connectivity index (χ3v) is 6.90. The van der Waals surface area contributed by atoms with E-state index >= 15 is 0 Å². The number of halogens is 1. The van der Waals surface area contributed by atoms with Crippen LogP contribution < -0.4 is 0 Å². The second-order valence-electron chi connectivity index (χ2n) is 8.91. The number of H-pyrrole nitrogens is 2. The van der Waals surface area contributed by atoms with Gasteiger partial charge in [0.1, 0.15) is 11.3 Å². The molecule has 0 radical (unpaired) electrons. The first-order valence-corrected chi connectivity index (χ1v) is 13.0. The quantitative estimate of drug-likeness (QED) is 0.229. The number of nitrogens with one attached hydrogen (secondary N) is 2. The second-order valence-corrected chi connectivity index (χ2v) is 9.83. The van der Waals surface area contributed by atoms with Crippen LogP contribution in [0.4, 0.5) is 0 Å². The number of nitrogens with zero attached hydrogens (tertiary/aromatic N) is 6. The van der Waals surface area contributed by atoms with E-state index in [0.29, 0.717) is 0 Å². The van der Waals surface area contributed by atoms with Crippen molar-refractivity contribution >= 4 is 59.8 Å². The molecule has 8 aromatic heterocycles. The number of pyridine rings is 6. The topological polar surface area (TPSA) is 109 Å². The normalized spacial score (nSPS) is 11.2.